The van der Waals surface area contributed by atoms with E-state index in [4.69, 9.17) is 21.1 Å². The molecule has 3 rings (SSSR count). The first-order valence-electron chi connectivity index (χ1n) is 9.85. The zero-order valence-corrected chi connectivity index (χ0v) is 19.9. The summed E-state index contributed by atoms with van der Waals surface area (Å²) < 4.78 is 6.77. The van der Waals surface area contributed by atoms with Gasteiger partial charge in [0, 0.05) is 34.8 Å². The highest BCUT2D eigenvalue weighted by molar-refractivity contribution is 6.37. The van der Waals surface area contributed by atoms with Crippen LogP contribution in [0.25, 0.3) is 34.2 Å². The molecule has 0 bridgehead atoms. The third-order valence-corrected chi connectivity index (χ3v) is 4.72. The number of hydrogen-bond donors (Lipinski definition) is 2. The van der Waals surface area contributed by atoms with Crippen molar-refractivity contribution in [1.29, 1.82) is 0 Å². The molecule has 1 aromatic carbocycles. The smallest absolute Gasteiger partial charge is 0.309 e. The molecule has 0 spiro atoms. The van der Waals surface area contributed by atoms with E-state index >= 15 is 0 Å². The molecule has 0 saturated carbocycles. The van der Waals surface area contributed by atoms with Gasteiger partial charge in [-0.25, -0.2) is 0 Å². The predicted octanol–water partition coefficient (Wildman–Crippen LogP) is 5.39. The number of carboxylic acid groups (broad SMARTS) is 1. The summed E-state index contributed by atoms with van der Waals surface area (Å²) in [7, 11) is 1.53. The average molecular weight is 470 g/mol. The van der Waals surface area contributed by atoms with Crippen molar-refractivity contribution in [3.63, 3.8) is 0 Å². The van der Waals surface area contributed by atoms with Crippen molar-refractivity contribution in [2.45, 2.75) is 32.8 Å². The highest BCUT2D eigenvalue weighted by atomic mass is 35.5. The topological polar surface area (TPSA) is 92.7 Å². The van der Waals surface area contributed by atoms with Crippen LogP contribution in [0.15, 0.2) is 46.8 Å². The van der Waals surface area contributed by atoms with Crippen LogP contribution in [0.4, 0.5) is 0 Å². The first-order valence-corrected chi connectivity index (χ1v) is 10.2. The number of carbonyl (C=O) groups is 1. The number of aromatic nitrogens is 1. The number of fused-ring (bicyclic) bond motifs is 1. The van der Waals surface area contributed by atoms with Gasteiger partial charge < -0.3 is 19.2 Å². The Labute approximate surface area is 198 Å². The van der Waals surface area contributed by atoms with E-state index in [1.54, 1.807) is 32.9 Å². The second-order valence-corrected chi connectivity index (χ2v) is 8.31. The third-order valence-electron chi connectivity index (χ3n) is 4.35. The van der Waals surface area contributed by atoms with E-state index in [1.807, 2.05) is 6.07 Å². The van der Waals surface area contributed by atoms with E-state index in [2.05, 4.69) is 26.0 Å². The summed E-state index contributed by atoms with van der Waals surface area (Å²) in [4.78, 5) is 24.0. The number of aliphatic hydroxyl groups is 1. The zero-order chi connectivity index (χ0) is 25.5. The van der Waals surface area contributed by atoms with Gasteiger partial charge in [-0.15, -0.1) is 12.8 Å². The summed E-state index contributed by atoms with van der Waals surface area (Å²) in [6.07, 6.45) is 12.1. The van der Waals surface area contributed by atoms with Gasteiger partial charge in [0.1, 0.15) is 0 Å². The van der Waals surface area contributed by atoms with Crippen LogP contribution in [0.5, 0.6) is 0 Å². The molecule has 174 valence electrons. The van der Waals surface area contributed by atoms with Crippen molar-refractivity contribution in [3.8, 4) is 24.0 Å². The second-order valence-electron chi connectivity index (χ2n) is 7.93. The third kappa shape index (κ3) is 6.48. The summed E-state index contributed by atoms with van der Waals surface area (Å²) >= 11 is 6.55. The molecule has 0 aliphatic rings. The Morgan fingerprint density at radius 2 is 1.73 bits per heavy atom. The standard InChI is InChI=1S/C20H16ClNO4.C4H10O.C2H2/c1-4-12-13(5-2)20(25)22(3)15(10-16(23)24)17(12)14-7-6-11-8-9-26-19(11)18(14)21;1-4(2,3)5;1-2/h4-9H,1-2,10H2,3H3,(H,23,24);5H,1-3H3;1-2H. The van der Waals surface area contributed by atoms with Gasteiger partial charge in [-0.3, -0.25) is 9.59 Å². The van der Waals surface area contributed by atoms with Crippen LogP contribution in [0, 0.1) is 12.8 Å². The van der Waals surface area contributed by atoms with Crippen molar-refractivity contribution in [2.24, 2.45) is 7.05 Å². The van der Waals surface area contributed by atoms with Crippen LogP contribution in [-0.4, -0.2) is 26.4 Å². The van der Waals surface area contributed by atoms with Gasteiger partial charge in [-0.05, 0) is 32.4 Å². The summed E-state index contributed by atoms with van der Waals surface area (Å²) in [5.74, 6) is -1.06. The van der Waals surface area contributed by atoms with E-state index in [9.17, 15) is 14.7 Å². The lowest BCUT2D eigenvalue weighted by molar-refractivity contribution is -0.136. The fourth-order valence-electron chi connectivity index (χ4n) is 3.13. The molecular formula is C26H28ClNO5. The van der Waals surface area contributed by atoms with Gasteiger partial charge in [0.25, 0.3) is 5.56 Å². The van der Waals surface area contributed by atoms with Crippen LogP contribution in [0.2, 0.25) is 5.02 Å². The number of benzene rings is 1. The molecule has 7 heteroatoms. The number of pyridine rings is 1. The Bertz CT molecular complexity index is 1250. The summed E-state index contributed by atoms with van der Waals surface area (Å²) in [6.45, 7) is 12.7. The van der Waals surface area contributed by atoms with Gasteiger partial charge in [0.15, 0.2) is 5.58 Å². The normalized spacial score (nSPS) is 10.4. The minimum absolute atomic E-state index is 0.329. The molecule has 0 fully saturated rings. The lowest BCUT2D eigenvalue weighted by atomic mass is 9.92. The van der Waals surface area contributed by atoms with Crippen LogP contribution >= 0.6 is 11.6 Å². The van der Waals surface area contributed by atoms with E-state index in [1.165, 1.54) is 30.0 Å². The SMILES string of the molecule is C#C.C=Cc1c(-c2ccc3ccoc3c2Cl)c(CC(=O)O)n(C)c(=O)c1C=C.CC(C)(C)O. The van der Waals surface area contributed by atoms with Gasteiger partial charge in [-0.2, -0.15) is 0 Å². The molecule has 2 heterocycles. The van der Waals surface area contributed by atoms with Gasteiger partial charge >= 0.3 is 5.97 Å². The minimum Gasteiger partial charge on any atom is -0.481 e. The molecule has 0 unspecified atom stereocenters. The number of carboxylic acids is 1. The van der Waals surface area contributed by atoms with Gasteiger partial charge in [-0.1, -0.05) is 49.0 Å². The first kappa shape index (κ1) is 27.5. The Kier molecular flexibility index (Phi) is 9.48. The van der Waals surface area contributed by atoms with Crippen LogP contribution in [-0.2, 0) is 18.3 Å². The Balaban J connectivity index is 0.000000689. The number of furan rings is 1. The lowest BCUT2D eigenvalue weighted by Gasteiger charge is -2.19. The first-order chi connectivity index (χ1) is 15.4. The number of terminal acetylenes is 1. The monoisotopic (exact) mass is 469 g/mol. The second kappa shape index (κ2) is 11.4. The van der Waals surface area contributed by atoms with E-state index < -0.39 is 11.6 Å². The molecule has 0 amide bonds. The number of aliphatic carboxylic acids is 1. The van der Waals surface area contributed by atoms with Crippen molar-refractivity contribution in [2.75, 3.05) is 0 Å². The maximum atomic E-state index is 12.6. The van der Waals surface area contributed by atoms with Crippen molar-refractivity contribution in [1.82, 2.24) is 4.57 Å². The number of nitrogens with zero attached hydrogens (tertiary/aromatic N) is 1. The lowest BCUT2D eigenvalue weighted by Crippen LogP contribution is -2.26. The quantitative estimate of drug-likeness (QED) is 0.488. The fraction of sp³-hybridized carbons (Fsp3) is 0.231. The predicted molar refractivity (Wildman–Crippen MR) is 135 cm³/mol. The minimum atomic E-state index is -1.06. The van der Waals surface area contributed by atoms with E-state index in [-0.39, 0.29) is 12.0 Å². The van der Waals surface area contributed by atoms with Crippen molar-refractivity contribution in [3.05, 3.63) is 69.8 Å². The molecule has 0 aliphatic heterocycles. The van der Waals surface area contributed by atoms with Crippen molar-refractivity contribution >= 4 is 40.7 Å². The molecule has 3 aromatic rings. The largest absolute Gasteiger partial charge is 0.481 e. The number of hydrogen-bond acceptors (Lipinski definition) is 4. The average Bonchev–Trinajstić information content (AvgIpc) is 3.22. The summed E-state index contributed by atoms with van der Waals surface area (Å²) in [6, 6.07) is 5.40. The highest BCUT2D eigenvalue weighted by Gasteiger charge is 2.23. The molecular weight excluding hydrogens is 442 g/mol. The molecule has 2 aromatic heterocycles. The molecule has 0 atom stereocenters. The fourth-order valence-corrected chi connectivity index (χ4v) is 3.44. The van der Waals surface area contributed by atoms with Gasteiger partial charge in [0.05, 0.1) is 23.3 Å². The van der Waals surface area contributed by atoms with Gasteiger partial charge in [0.2, 0.25) is 0 Å². The maximum absolute atomic E-state index is 12.6. The molecule has 0 aliphatic carbocycles. The van der Waals surface area contributed by atoms with Crippen LogP contribution in [0.3, 0.4) is 0 Å². The van der Waals surface area contributed by atoms with E-state index in [0.29, 0.717) is 38.6 Å². The summed E-state index contributed by atoms with van der Waals surface area (Å²) in [5, 5.41) is 19.0. The molecule has 33 heavy (non-hydrogen) atoms. The Morgan fingerprint density at radius 1 is 1.18 bits per heavy atom. The molecule has 6 nitrogen and oxygen atoms in total. The Hall–Kier alpha value is -3.53. The highest BCUT2D eigenvalue weighted by Crippen LogP contribution is 2.39. The number of halogens is 1. The maximum Gasteiger partial charge on any atom is 0.309 e. The van der Waals surface area contributed by atoms with Crippen LogP contribution < -0.4 is 5.56 Å². The molecule has 0 saturated heterocycles. The van der Waals surface area contributed by atoms with Crippen LogP contribution in [0.1, 0.15) is 37.6 Å². The van der Waals surface area contributed by atoms with Crippen molar-refractivity contribution < 1.29 is 19.4 Å². The zero-order valence-electron chi connectivity index (χ0n) is 19.2. The molecule has 0 radical (unpaired) electrons. The molecule has 2 N–H and O–H groups in total. The number of rotatable bonds is 5. The Morgan fingerprint density at radius 3 is 2.21 bits per heavy atom. The summed E-state index contributed by atoms with van der Waals surface area (Å²) in [5.41, 5.74) is 1.91. The van der Waals surface area contributed by atoms with E-state index in [0.717, 1.165) is 5.39 Å².